The molecular formula is C23H50O. The Bertz CT molecular complexity index is 180. The second kappa shape index (κ2) is 25.2. The number of hydrogen-bond donors (Lipinski definition) is 1. The molecule has 0 radical (unpaired) electrons. The molecule has 0 amide bonds. The highest BCUT2D eigenvalue weighted by Gasteiger charge is 1.94. The first-order valence-electron chi connectivity index (χ1n) is 11.3. The lowest BCUT2D eigenvalue weighted by Gasteiger charge is -2.04. The predicted octanol–water partition coefficient (Wildman–Crippen LogP) is 8.29. The molecule has 1 nitrogen and oxygen atoms in total. The Morgan fingerprint density at radius 2 is 0.833 bits per heavy atom. The van der Waals surface area contributed by atoms with E-state index in [4.69, 9.17) is 5.11 Å². The Morgan fingerprint density at radius 3 is 1.17 bits per heavy atom. The van der Waals surface area contributed by atoms with Crippen LogP contribution in [0, 0.1) is 5.92 Å². The average molecular weight is 343 g/mol. The van der Waals surface area contributed by atoms with E-state index in [1.165, 1.54) is 103 Å². The third kappa shape index (κ3) is 29.9. The van der Waals surface area contributed by atoms with Crippen LogP contribution >= 0.6 is 0 Å². The maximum absolute atomic E-state index is 8.59. The van der Waals surface area contributed by atoms with Gasteiger partial charge in [0, 0.05) is 6.61 Å². The van der Waals surface area contributed by atoms with Crippen LogP contribution in [0.25, 0.3) is 0 Å². The van der Waals surface area contributed by atoms with Crippen LogP contribution in [0.1, 0.15) is 137 Å². The average Bonchev–Trinajstić information content (AvgIpc) is 2.57. The summed E-state index contributed by atoms with van der Waals surface area (Å²) in [5.41, 5.74) is 0. The van der Waals surface area contributed by atoms with Crippen molar-refractivity contribution in [2.75, 3.05) is 6.61 Å². The summed E-state index contributed by atoms with van der Waals surface area (Å²) >= 11 is 0. The Morgan fingerprint density at radius 1 is 0.500 bits per heavy atom. The molecule has 0 saturated carbocycles. The normalized spacial score (nSPS) is 10.8. The van der Waals surface area contributed by atoms with Crippen molar-refractivity contribution < 1.29 is 5.11 Å². The van der Waals surface area contributed by atoms with E-state index in [0.717, 1.165) is 12.3 Å². The van der Waals surface area contributed by atoms with E-state index in [2.05, 4.69) is 27.7 Å². The SMILES string of the molecule is CC(C)CCCCCCCCCCO.CCCCCCCCCC. The molecule has 0 aromatic heterocycles. The lowest BCUT2D eigenvalue weighted by molar-refractivity contribution is 0.282. The molecule has 0 aliphatic carbocycles. The van der Waals surface area contributed by atoms with Crippen molar-refractivity contribution in [2.24, 2.45) is 5.92 Å². The van der Waals surface area contributed by atoms with Gasteiger partial charge in [-0.1, -0.05) is 130 Å². The van der Waals surface area contributed by atoms with E-state index >= 15 is 0 Å². The number of aliphatic hydroxyl groups excluding tert-OH is 1. The molecule has 0 fully saturated rings. The van der Waals surface area contributed by atoms with Gasteiger partial charge in [-0.05, 0) is 12.3 Å². The van der Waals surface area contributed by atoms with Crippen LogP contribution in [0.2, 0.25) is 0 Å². The summed E-state index contributed by atoms with van der Waals surface area (Å²) in [5.74, 6) is 0.875. The third-order valence-corrected chi connectivity index (χ3v) is 4.65. The van der Waals surface area contributed by atoms with Crippen molar-refractivity contribution in [2.45, 2.75) is 137 Å². The molecule has 24 heavy (non-hydrogen) atoms. The Kier molecular flexibility index (Phi) is 27.5. The lowest BCUT2D eigenvalue weighted by Crippen LogP contribution is -1.87. The molecule has 0 atom stereocenters. The van der Waals surface area contributed by atoms with E-state index < -0.39 is 0 Å². The molecule has 148 valence electrons. The number of hydrogen-bond acceptors (Lipinski definition) is 1. The zero-order chi connectivity index (χ0) is 18.3. The van der Waals surface area contributed by atoms with Crippen molar-refractivity contribution in [1.82, 2.24) is 0 Å². The molecule has 0 bridgehead atoms. The maximum Gasteiger partial charge on any atom is 0.0431 e. The summed E-state index contributed by atoms with van der Waals surface area (Å²) in [6, 6.07) is 0. The highest BCUT2D eigenvalue weighted by molar-refractivity contribution is 4.49. The van der Waals surface area contributed by atoms with Gasteiger partial charge >= 0.3 is 0 Å². The summed E-state index contributed by atoms with van der Waals surface area (Å²) in [5, 5.41) is 8.59. The minimum absolute atomic E-state index is 0.369. The first kappa shape index (κ1) is 26.2. The molecule has 0 aliphatic rings. The Balaban J connectivity index is 0. The van der Waals surface area contributed by atoms with Crippen LogP contribution < -0.4 is 0 Å². The molecule has 0 unspecified atom stereocenters. The van der Waals surface area contributed by atoms with Gasteiger partial charge < -0.3 is 5.11 Å². The smallest absolute Gasteiger partial charge is 0.0431 e. The number of unbranched alkanes of at least 4 members (excludes halogenated alkanes) is 14. The minimum atomic E-state index is 0.369. The minimum Gasteiger partial charge on any atom is -0.396 e. The van der Waals surface area contributed by atoms with E-state index in [0.29, 0.717) is 6.61 Å². The van der Waals surface area contributed by atoms with Gasteiger partial charge in [0.15, 0.2) is 0 Å². The van der Waals surface area contributed by atoms with Crippen molar-refractivity contribution >= 4 is 0 Å². The van der Waals surface area contributed by atoms with Gasteiger partial charge in [0.25, 0.3) is 0 Å². The summed E-state index contributed by atoms with van der Waals surface area (Å²) < 4.78 is 0. The summed E-state index contributed by atoms with van der Waals surface area (Å²) in [4.78, 5) is 0. The predicted molar refractivity (Wildman–Crippen MR) is 112 cm³/mol. The number of rotatable bonds is 17. The van der Waals surface area contributed by atoms with E-state index in [1.54, 1.807) is 0 Å². The molecule has 0 heterocycles. The van der Waals surface area contributed by atoms with Crippen molar-refractivity contribution in [3.63, 3.8) is 0 Å². The fourth-order valence-corrected chi connectivity index (χ4v) is 2.93. The second-order valence-corrected chi connectivity index (χ2v) is 7.86. The molecule has 0 aromatic carbocycles. The van der Waals surface area contributed by atoms with Crippen molar-refractivity contribution in [3.8, 4) is 0 Å². The van der Waals surface area contributed by atoms with Gasteiger partial charge in [0.1, 0.15) is 0 Å². The molecule has 1 heteroatoms. The fraction of sp³-hybridized carbons (Fsp3) is 1.00. The summed E-state index contributed by atoms with van der Waals surface area (Å²) in [6.45, 7) is 9.51. The molecular weight excluding hydrogens is 292 g/mol. The molecule has 0 saturated heterocycles. The standard InChI is InChI=1S/C13H28O.C10H22/c1-13(2)11-9-7-5-3-4-6-8-10-12-14;1-3-5-7-9-10-8-6-4-2/h13-14H,3-12H2,1-2H3;3-10H2,1-2H3. The van der Waals surface area contributed by atoms with Crippen LogP contribution in [-0.2, 0) is 0 Å². The molecule has 0 aliphatic heterocycles. The summed E-state index contributed by atoms with van der Waals surface area (Å²) in [6.07, 6.45) is 23.4. The van der Waals surface area contributed by atoms with Gasteiger partial charge in [0.2, 0.25) is 0 Å². The first-order valence-corrected chi connectivity index (χ1v) is 11.3. The maximum atomic E-state index is 8.59. The monoisotopic (exact) mass is 342 g/mol. The van der Waals surface area contributed by atoms with Gasteiger partial charge in [0.05, 0.1) is 0 Å². The number of aliphatic hydroxyl groups is 1. The fourth-order valence-electron chi connectivity index (χ4n) is 2.93. The largest absolute Gasteiger partial charge is 0.396 e. The summed E-state index contributed by atoms with van der Waals surface area (Å²) in [7, 11) is 0. The van der Waals surface area contributed by atoms with Gasteiger partial charge in [-0.3, -0.25) is 0 Å². The van der Waals surface area contributed by atoms with E-state index in [9.17, 15) is 0 Å². The second-order valence-electron chi connectivity index (χ2n) is 7.86. The van der Waals surface area contributed by atoms with E-state index in [-0.39, 0.29) is 0 Å². The van der Waals surface area contributed by atoms with Crippen molar-refractivity contribution in [1.29, 1.82) is 0 Å². The lowest BCUT2D eigenvalue weighted by atomic mass is 10.0. The molecule has 0 rings (SSSR count). The molecule has 0 spiro atoms. The van der Waals surface area contributed by atoms with Gasteiger partial charge in [-0.2, -0.15) is 0 Å². The van der Waals surface area contributed by atoms with Crippen LogP contribution in [0.4, 0.5) is 0 Å². The third-order valence-electron chi connectivity index (χ3n) is 4.65. The topological polar surface area (TPSA) is 20.2 Å². The zero-order valence-electron chi connectivity index (χ0n) is 17.8. The van der Waals surface area contributed by atoms with Crippen molar-refractivity contribution in [3.05, 3.63) is 0 Å². The van der Waals surface area contributed by atoms with Crippen LogP contribution in [0.5, 0.6) is 0 Å². The van der Waals surface area contributed by atoms with Gasteiger partial charge in [-0.25, -0.2) is 0 Å². The Labute approximate surface area is 155 Å². The molecule has 0 aromatic rings. The molecule has 1 N–H and O–H groups in total. The first-order chi connectivity index (χ1) is 11.7. The van der Waals surface area contributed by atoms with Gasteiger partial charge in [-0.15, -0.1) is 0 Å². The Hall–Kier alpha value is -0.0400. The van der Waals surface area contributed by atoms with E-state index in [1.807, 2.05) is 0 Å². The highest BCUT2D eigenvalue weighted by Crippen LogP contribution is 2.12. The van der Waals surface area contributed by atoms with Crippen LogP contribution in [0.3, 0.4) is 0 Å². The van der Waals surface area contributed by atoms with Crippen LogP contribution in [-0.4, -0.2) is 11.7 Å². The highest BCUT2D eigenvalue weighted by atomic mass is 16.2. The quantitative estimate of drug-likeness (QED) is 0.263. The zero-order valence-corrected chi connectivity index (χ0v) is 17.8. The van der Waals surface area contributed by atoms with Crippen LogP contribution in [0.15, 0.2) is 0 Å².